The van der Waals surface area contributed by atoms with Crippen LogP contribution in [-0.2, 0) is 64.0 Å². The first-order valence-electron chi connectivity index (χ1n) is 30.1. The third kappa shape index (κ3) is 22.8. The number of rotatable bonds is 35. The smallest absolute Gasteiger partial charge is 0.326 e. The van der Waals surface area contributed by atoms with Crippen LogP contribution in [-0.4, -0.2) is 228 Å². The number of aliphatic imine (C=N–C) groups is 1. The number of hydrogen-bond donors (Lipinski definition) is 17. The SMILES string of the molecule is CC[C@H](C)[C@H](NC(=O)[C@H](CC(C)C)NC(=O)[C@H](CCCN=C(N)N)NC(=O)[C@@H](NC(=O)[C@@H](N)CO)C(C)C)C(=O)N[C@H](C(=O)N[C@H](C(=O)N[C@@H](C)C(=O)N1CCC[C@H]1C(=O)N[C@@H](Cc1cnc[nH]1)C(=O)N[C@@H](C)C(=O)N1CCC[C@H]1C(=O)O)[C@@H](C)O)[C@@H](C)O. The summed E-state index contributed by atoms with van der Waals surface area (Å²) in [5.41, 5.74) is 17.1. The first kappa shape index (κ1) is 75.2. The fourth-order valence-electron chi connectivity index (χ4n) is 10.1. The van der Waals surface area contributed by atoms with Gasteiger partial charge in [0, 0.05) is 37.9 Å². The van der Waals surface area contributed by atoms with Crippen molar-refractivity contribution in [3.8, 4) is 0 Å². The van der Waals surface area contributed by atoms with E-state index in [1.807, 2.05) is 0 Å². The number of imidazole rings is 1. The van der Waals surface area contributed by atoms with E-state index >= 15 is 0 Å². The number of aliphatic hydroxyl groups is 3. The summed E-state index contributed by atoms with van der Waals surface area (Å²) in [6.07, 6.45) is 0.935. The Bertz CT molecular complexity index is 2640. The number of guanidine groups is 1. The average molecular weight is 1260 g/mol. The van der Waals surface area contributed by atoms with Gasteiger partial charge in [-0.3, -0.25) is 57.7 Å². The van der Waals surface area contributed by atoms with Gasteiger partial charge in [-0.15, -0.1) is 0 Å². The molecule has 500 valence electrons. The Balaban J connectivity index is 1.77. The van der Waals surface area contributed by atoms with Gasteiger partial charge in [0.1, 0.15) is 72.5 Å². The molecule has 0 aromatic carbocycles. The zero-order valence-electron chi connectivity index (χ0n) is 52.4. The minimum atomic E-state index is -1.83. The highest BCUT2D eigenvalue weighted by molar-refractivity contribution is 6.00. The van der Waals surface area contributed by atoms with Crippen molar-refractivity contribution in [1.29, 1.82) is 0 Å². The fraction of sp³-hybridized carbons (Fsp3) is 0.714. The number of carboxylic acids is 1. The highest BCUT2D eigenvalue weighted by Gasteiger charge is 2.42. The van der Waals surface area contributed by atoms with Crippen LogP contribution in [0.15, 0.2) is 17.5 Å². The van der Waals surface area contributed by atoms with Crippen LogP contribution in [0.5, 0.6) is 0 Å². The van der Waals surface area contributed by atoms with Gasteiger partial charge in [-0.2, -0.15) is 0 Å². The quantitative estimate of drug-likeness (QED) is 0.0171. The zero-order valence-corrected chi connectivity index (χ0v) is 52.4. The molecule has 1 aromatic heterocycles. The molecule has 1 aromatic rings. The lowest BCUT2D eigenvalue weighted by molar-refractivity contribution is -0.149. The number of hydrogen-bond acceptors (Lipinski definition) is 18. The number of carbonyl (C=O) groups excluding carboxylic acids is 11. The number of aromatic nitrogens is 2. The zero-order chi connectivity index (χ0) is 67.1. The summed E-state index contributed by atoms with van der Waals surface area (Å²) in [5, 5.41) is 63.6. The summed E-state index contributed by atoms with van der Waals surface area (Å²) in [4.78, 5) is 177. The van der Waals surface area contributed by atoms with Crippen LogP contribution in [0, 0.1) is 17.8 Å². The summed E-state index contributed by atoms with van der Waals surface area (Å²) in [7, 11) is 0. The van der Waals surface area contributed by atoms with Crippen molar-refractivity contribution in [1.82, 2.24) is 67.6 Å². The molecule has 2 aliphatic heterocycles. The first-order chi connectivity index (χ1) is 41.7. The number of nitrogens with zero attached hydrogens (tertiary/aromatic N) is 4. The van der Waals surface area contributed by atoms with Gasteiger partial charge in [0.25, 0.3) is 0 Å². The molecule has 3 rings (SSSR count). The average Bonchev–Trinajstić information content (AvgIpc) is 3.37. The van der Waals surface area contributed by atoms with Gasteiger partial charge in [0.05, 0.1) is 25.1 Å². The molecule has 2 saturated heterocycles. The van der Waals surface area contributed by atoms with Crippen LogP contribution >= 0.6 is 0 Å². The first-order valence-corrected chi connectivity index (χ1v) is 30.1. The molecule has 2 aliphatic rings. The molecule has 20 N–H and O–H groups in total. The number of likely N-dealkylation sites (tertiary alicyclic amines) is 2. The van der Waals surface area contributed by atoms with Crippen LogP contribution in [0.1, 0.15) is 126 Å². The summed E-state index contributed by atoms with van der Waals surface area (Å²) in [6.45, 7) is 14.7. The van der Waals surface area contributed by atoms with E-state index in [-0.39, 0.29) is 76.5 Å². The molecule has 0 saturated carbocycles. The van der Waals surface area contributed by atoms with E-state index in [2.05, 4.69) is 62.8 Å². The lowest BCUT2D eigenvalue weighted by Gasteiger charge is -2.31. The molecule has 0 radical (unpaired) electrons. The molecule has 89 heavy (non-hydrogen) atoms. The Hall–Kier alpha value is -8.04. The van der Waals surface area contributed by atoms with Crippen molar-refractivity contribution in [3.63, 3.8) is 0 Å². The van der Waals surface area contributed by atoms with E-state index < -0.39 is 174 Å². The van der Waals surface area contributed by atoms with Gasteiger partial charge in [-0.1, -0.05) is 48.0 Å². The molecule has 2 fully saturated rings. The van der Waals surface area contributed by atoms with Gasteiger partial charge in [-0.05, 0) is 90.4 Å². The predicted molar refractivity (Wildman–Crippen MR) is 320 cm³/mol. The minimum absolute atomic E-state index is 0.0168. The number of aromatic amines is 1. The summed E-state index contributed by atoms with van der Waals surface area (Å²) < 4.78 is 0. The second-order valence-electron chi connectivity index (χ2n) is 23.6. The molecule has 0 aliphatic carbocycles. The van der Waals surface area contributed by atoms with Gasteiger partial charge in [0.2, 0.25) is 65.0 Å². The van der Waals surface area contributed by atoms with Crippen LogP contribution in [0.25, 0.3) is 0 Å². The van der Waals surface area contributed by atoms with Crippen molar-refractivity contribution >= 4 is 76.9 Å². The third-order valence-corrected chi connectivity index (χ3v) is 15.3. The summed E-state index contributed by atoms with van der Waals surface area (Å²) >= 11 is 0. The lowest BCUT2D eigenvalue weighted by atomic mass is 9.96. The van der Waals surface area contributed by atoms with Gasteiger partial charge in [0.15, 0.2) is 5.96 Å². The van der Waals surface area contributed by atoms with E-state index in [4.69, 9.17) is 17.2 Å². The topological polar surface area (TPSA) is 520 Å². The Labute approximate surface area is 517 Å². The number of aliphatic hydroxyl groups excluding tert-OH is 3. The largest absolute Gasteiger partial charge is 0.480 e. The van der Waals surface area contributed by atoms with E-state index in [0.29, 0.717) is 18.5 Å². The number of carboxylic acid groups (broad SMARTS) is 1. The maximum Gasteiger partial charge on any atom is 0.326 e. The van der Waals surface area contributed by atoms with E-state index in [1.54, 1.807) is 41.5 Å². The van der Waals surface area contributed by atoms with E-state index in [1.165, 1.54) is 36.2 Å². The van der Waals surface area contributed by atoms with Gasteiger partial charge < -0.3 is 100 Å². The van der Waals surface area contributed by atoms with Crippen molar-refractivity contribution in [3.05, 3.63) is 18.2 Å². The maximum atomic E-state index is 14.3. The second-order valence-corrected chi connectivity index (χ2v) is 23.6. The molecule has 3 heterocycles. The van der Waals surface area contributed by atoms with Crippen LogP contribution < -0.4 is 65.1 Å². The molecule has 33 nitrogen and oxygen atoms in total. The van der Waals surface area contributed by atoms with E-state index in [9.17, 15) is 78.0 Å². The molecular formula is C56H95N17O16. The van der Waals surface area contributed by atoms with Crippen molar-refractivity contribution in [2.45, 2.75) is 212 Å². The number of nitrogens with one attached hydrogen (secondary N) is 10. The van der Waals surface area contributed by atoms with E-state index in [0.717, 1.165) is 13.8 Å². The number of aliphatic carboxylic acids is 1. The standard InChI is InChI=1S/C56H95N17O16/c1-11-28(6)41(69-47(80)36(21-26(2)3)66-45(78)35(15-12-18-61-56(58)59)65-49(82)40(27(4)5)68-44(77)34(57)24-74)50(83)70-43(32(10)76)52(85)71-42(31(9)75)51(84)64-30(8)53(86)72-19-13-16-38(72)48(81)67-37(22-33-23-60-25-62-33)46(79)63-29(7)54(87)73-20-14-17-39(73)55(88)89/h23,25-32,34-43,74-76H,11-22,24,57H2,1-10H3,(H,60,62)(H,63,79)(H,64,84)(H,65,82)(H,66,78)(H,67,81)(H,68,77)(H,69,80)(H,70,83)(H,71,85)(H,88,89)(H4,58,59,61)/t28-,29-,30-,31+,32+,34-,35-,36-,37-,38-,39-,40-,41-,42-,43-/m0/s1. The molecule has 11 amide bonds. The number of amides is 11. The highest BCUT2D eigenvalue weighted by Crippen LogP contribution is 2.21. The van der Waals surface area contributed by atoms with Crippen LogP contribution in [0.3, 0.4) is 0 Å². The number of nitrogens with two attached hydrogens (primary N) is 3. The Kier molecular flexibility index (Phi) is 30.3. The fourth-order valence-corrected chi connectivity index (χ4v) is 10.1. The maximum absolute atomic E-state index is 14.3. The predicted octanol–water partition coefficient (Wildman–Crippen LogP) is -5.70. The lowest BCUT2D eigenvalue weighted by Crippen LogP contribution is -2.64. The van der Waals surface area contributed by atoms with Crippen LogP contribution in [0.2, 0.25) is 0 Å². The Morgan fingerprint density at radius 1 is 0.629 bits per heavy atom. The highest BCUT2D eigenvalue weighted by atomic mass is 16.4. The molecule has 0 unspecified atom stereocenters. The summed E-state index contributed by atoms with van der Waals surface area (Å²) in [6, 6.07) is -16.3. The van der Waals surface area contributed by atoms with Crippen LogP contribution in [0.4, 0.5) is 0 Å². The Morgan fingerprint density at radius 2 is 1.10 bits per heavy atom. The molecule has 15 atom stereocenters. The van der Waals surface area contributed by atoms with Gasteiger partial charge in [-0.25, -0.2) is 9.78 Å². The molecule has 0 spiro atoms. The molecule has 33 heteroatoms. The summed E-state index contributed by atoms with van der Waals surface area (Å²) in [5.74, 6) is -12.2. The van der Waals surface area contributed by atoms with Crippen molar-refractivity contribution in [2.75, 3.05) is 26.2 Å². The second kappa shape index (κ2) is 35.8. The molecule has 0 bridgehead atoms. The molecular weight excluding hydrogens is 1170 g/mol. The van der Waals surface area contributed by atoms with Crippen molar-refractivity contribution < 1.29 is 78.0 Å². The third-order valence-electron chi connectivity index (χ3n) is 15.3. The number of carbonyl (C=O) groups is 12. The van der Waals surface area contributed by atoms with Crippen molar-refractivity contribution in [2.24, 2.45) is 39.9 Å². The Morgan fingerprint density at radius 3 is 1.60 bits per heavy atom. The normalized spacial score (nSPS) is 19.2. The van der Waals surface area contributed by atoms with Gasteiger partial charge >= 0.3 is 5.97 Å². The minimum Gasteiger partial charge on any atom is -0.480 e. The number of H-pyrrole nitrogens is 1. The monoisotopic (exact) mass is 1260 g/mol.